The topological polar surface area (TPSA) is 120 Å². The van der Waals surface area contributed by atoms with Crippen molar-refractivity contribution in [2.75, 3.05) is 44.5 Å². The summed E-state index contributed by atoms with van der Waals surface area (Å²) in [6.07, 6.45) is 0. The van der Waals surface area contributed by atoms with E-state index in [-0.39, 0.29) is 35.3 Å². The molecule has 32 heavy (non-hydrogen) atoms. The maximum atomic E-state index is 12.6. The maximum absolute atomic E-state index is 12.6. The molecule has 10 heteroatoms. The highest BCUT2D eigenvalue weighted by Gasteiger charge is 2.20. The van der Waals surface area contributed by atoms with E-state index in [1.54, 1.807) is 43.5 Å². The lowest BCUT2D eigenvalue weighted by Gasteiger charge is -2.18. The summed E-state index contributed by atoms with van der Waals surface area (Å²) >= 11 is 1.20. The quantitative estimate of drug-likeness (QED) is 0.240. The number of hydrogen-bond donors (Lipinski definition) is 2. The fraction of sp³-hybridized carbons (Fsp3) is 0.273. The molecule has 0 radical (unpaired) electrons. The van der Waals surface area contributed by atoms with Crippen LogP contribution in [-0.2, 0) is 19.1 Å². The van der Waals surface area contributed by atoms with Crippen LogP contribution in [0.25, 0.3) is 0 Å². The number of methoxy groups -OCH3 is 1. The van der Waals surface area contributed by atoms with Gasteiger partial charge < -0.3 is 24.8 Å². The van der Waals surface area contributed by atoms with Crippen molar-refractivity contribution in [2.45, 2.75) is 4.90 Å². The lowest BCUT2D eigenvalue weighted by Crippen LogP contribution is -2.28. The van der Waals surface area contributed by atoms with Crippen LogP contribution < -0.4 is 15.4 Å². The van der Waals surface area contributed by atoms with Crippen molar-refractivity contribution < 1.29 is 33.4 Å². The summed E-state index contributed by atoms with van der Waals surface area (Å²) in [5.74, 6) is -1.01. The normalized spacial score (nSPS) is 12.2. The lowest BCUT2D eigenvalue weighted by atomic mass is 10.1. The largest absolute Gasteiger partial charge is 0.482 e. The molecule has 0 atom stereocenters. The number of anilines is 1. The van der Waals surface area contributed by atoms with E-state index in [1.807, 2.05) is 0 Å². The Morgan fingerprint density at radius 1 is 1.19 bits per heavy atom. The van der Waals surface area contributed by atoms with E-state index in [0.717, 1.165) is 0 Å². The van der Waals surface area contributed by atoms with E-state index < -0.39 is 18.4 Å². The molecule has 1 heterocycles. The van der Waals surface area contributed by atoms with Crippen LogP contribution in [0.2, 0.25) is 0 Å². The molecule has 0 spiro atoms. The highest BCUT2D eigenvalue weighted by molar-refractivity contribution is 8.00. The van der Waals surface area contributed by atoms with E-state index in [9.17, 15) is 19.2 Å². The molecule has 0 aromatic heterocycles. The van der Waals surface area contributed by atoms with Gasteiger partial charge in [-0.05, 0) is 30.3 Å². The molecule has 0 fully saturated rings. The second kappa shape index (κ2) is 11.3. The van der Waals surface area contributed by atoms with E-state index in [0.29, 0.717) is 29.5 Å². The van der Waals surface area contributed by atoms with Crippen molar-refractivity contribution in [1.29, 1.82) is 0 Å². The van der Waals surface area contributed by atoms with Gasteiger partial charge in [0, 0.05) is 24.1 Å². The van der Waals surface area contributed by atoms with Gasteiger partial charge in [-0.25, -0.2) is 4.79 Å². The van der Waals surface area contributed by atoms with Crippen LogP contribution in [0.5, 0.6) is 5.75 Å². The molecule has 0 unspecified atom stereocenters. The van der Waals surface area contributed by atoms with Gasteiger partial charge in [0.05, 0.1) is 23.6 Å². The first-order valence-electron chi connectivity index (χ1n) is 9.72. The minimum Gasteiger partial charge on any atom is -0.482 e. The second-order valence-electron chi connectivity index (χ2n) is 6.67. The average molecular weight is 458 g/mol. The Labute approximate surface area is 188 Å². The van der Waals surface area contributed by atoms with Gasteiger partial charge in [0.2, 0.25) is 5.91 Å². The van der Waals surface area contributed by atoms with Crippen LogP contribution >= 0.6 is 11.8 Å². The van der Waals surface area contributed by atoms with Crippen LogP contribution in [0.15, 0.2) is 47.4 Å². The van der Waals surface area contributed by atoms with Crippen molar-refractivity contribution >= 4 is 41.0 Å². The van der Waals surface area contributed by atoms with Crippen LogP contribution in [0.3, 0.4) is 0 Å². The molecule has 0 saturated heterocycles. The molecule has 2 aromatic carbocycles. The number of amides is 2. The predicted octanol–water partition coefficient (Wildman–Crippen LogP) is 1.91. The Morgan fingerprint density at radius 2 is 2.00 bits per heavy atom. The maximum Gasteiger partial charge on any atom is 0.339 e. The molecule has 168 valence electrons. The highest BCUT2D eigenvalue weighted by atomic mass is 32.2. The first kappa shape index (κ1) is 23.3. The van der Waals surface area contributed by atoms with Gasteiger partial charge >= 0.3 is 5.97 Å². The first-order valence-corrected chi connectivity index (χ1v) is 10.7. The average Bonchev–Trinajstić information content (AvgIpc) is 2.80. The summed E-state index contributed by atoms with van der Waals surface area (Å²) in [7, 11) is 1.55. The Hall–Kier alpha value is -3.37. The number of nitrogens with one attached hydrogen (secondary N) is 2. The molecule has 9 nitrogen and oxygen atoms in total. The Bertz CT molecular complexity index is 1030. The van der Waals surface area contributed by atoms with E-state index >= 15 is 0 Å². The van der Waals surface area contributed by atoms with Gasteiger partial charge in [-0.15, -0.1) is 11.8 Å². The predicted molar refractivity (Wildman–Crippen MR) is 117 cm³/mol. The molecule has 2 aromatic rings. The Balaban J connectivity index is 1.57. The van der Waals surface area contributed by atoms with Gasteiger partial charge in [0.1, 0.15) is 5.75 Å². The standard InChI is InChI=1S/C22H22N2O7S/c1-29-9-8-23-21(27)13-32-19-5-3-2-4-15(19)22(28)31-11-17(25)14-6-7-18-16(10-14)24-20(26)12-30-18/h2-7,10H,8-9,11-13H2,1H3,(H,23,27)(H,24,26). The molecule has 1 aliphatic heterocycles. The summed E-state index contributed by atoms with van der Waals surface area (Å²) < 4.78 is 15.3. The Morgan fingerprint density at radius 3 is 2.81 bits per heavy atom. The summed E-state index contributed by atoms with van der Waals surface area (Å²) in [6, 6.07) is 11.3. The fourth-order valence-electron chi connectivity index (χ4n) is 2.80. The molecule has 2 amide bonds. The Kier molecular flexibility index (Phi) is 8.23. The number of ether oxygens (including phenoxy) is 3. The number of esters is 1. The van der Waals surface area contributed by atoms with Gasteiger partial charge in [0.15, 0.2) is 19.0 Å². The summed E-state index contributed by atoms with van der Waals surface area (Å²) in [5.41, 5.74) is 0.933. The minimum atomic E-state index is -0.671. The molecule has 2 N–H and O–H groups in total. The summed E-state index contributed by atoms with van der Waals surface area (Å²) in [5, 5.41) is 5.33. The number of benzene rings is 2. The lowest BCUT2D eigenvalue weighted by molar-refractivity contribution is -0.119. The molecule has 1 aliphatic rings. The number of Topliss-reactive ketones (excluding diaryl/α,β-unsaturated/α-hetero) is 1. The molecular formula is C22H22N2O7S. The zero-order chi connectivity index (χ0) is 22.9. The number of carbonyl (C=O) groups excluding carboxylic acids is 4. The SMILES string of the molecule is COCCNC(=O)CSc1ccccc1C(=O)OCC(=O)c1ccc2c(c1)NC(=O)CO2. The summed E-state index contributed by atoms with van der Waals surface area (Å²) in [6.45, 7) is 0.268. The minimum absolute atomic E-state index is 0.0792. The third-order valence-corrected chi connectivity index (χ3v) is 5.44. The van der Waals surface area contributed by atoms with E-state index in [1.165, 1.54) is 17.8 Å². The third-order valence-electron chi connectivity index (χ3n) is 4.36. The smallest absolute Gasteiger partial charge is 0.339 e. The van der Waals surface area contributed by atoms with Gasteiger partial charge in [0.25, 0.3) is 5.91 Å². The zero-order valence-corrected chi connectivity index (χ0v) is 18.2. The number of carbonyl (C=O) groups is 4. The van der Waals surface area contributed by atoms with Gasteiger partial charge in [-0.3, -0.25) is 14.4 Å². The fourth-order valence-corrected chi connectivity index (χ4v) is 3.67. The molecule has 3 rings (SSSR count). The number of ketones is 1. The monoisotopic (exact) mass is 458 g/mol. The third kappa shape index (κ3) is 6.32. The van der Waals surface area contributed by atoms with Gasteiger partial charge in [-0.1, -0.05) is 12.1 Å². The second-order valence-corrected chi connectivity index (χ2v) is 7.69. The number of thioether (sulfide) groups is 1. The first-order chi connectivity index (χ1) is 15.5. The van der Waals surface area contributed by atoms with Crippen LogP contribution in [0, 0.1) is 0 Å². The van der Waals surface area contributed by atoms with Crippen molar-refractivity contribution in [1.82, 2.24) is 5.32 Å². The van der Waals surface area contributed by atoms with Crippen LogP contribution in [0.4, 0.5) is 5.69 Å². The number of fused-ring (bicyclic) bond motifs is 1. The number of rotatable bonds is 10. The van der Waals surface area contributed by atoms with E-state index in [2.05, 4.69) is 10.6 Å². The number of hydrogen-bond acceptors (Lipinski definition) is 8. The zero-order valence-electron chi connectivity index (χ0n) is 17.3. The van der Waals surface area contributed by atoms with Crippen molar-refractivity contribution in [2.24, 2.45) is 0 Å². The van der Waals surface area contributed by atoms with E-state index in [4.69, 9.17) is 14.2 Å². The molecular weight excluding hydrogens is 436 g/mol. The molecule has 0 saturated carbocycles. The highest BCUT2D eigenvalue weighted by Crippen LogP contribution is 2.29. The van der Waals surface area contributed by atoms with Crippen molar-refractivity contribution in [3.63, 3.8) is 0 Å². The molecule has 0 aliphatic carbocycles. The van der Waals surface area contributed by atoms with Gasteiger partial charge in [-0.2, -0.15) is 0 Å². The van der Waals surface area contributed by atoms with Crippen LogP contribution in [-0.4, -0.2) is 62.8 Å². The molecule has 0 bridgehead atoms. The summed E-state index contributed by atoms with van der Waals surface area (Å²) in [4.78, 5) is 48.9. The van der Waals surface area contributed by atoms with Crippen molar-refractivity contribution in [3.8, 4) is 5.75 Å². The van der Waals surface area contributed by atoms with Crippen LogP contribution in [0.1, 0.15) is 20.7 Å². The van der Waals surface area contributed by atoms with Crippen molar-refractivity contribution in [3.05, 3.63) is 53.6 Å².